The molecule has 198 valence electrons. The third-order valence-electron chi connectivity index (χ3n) is 6.36. The monoisotopic (exact) mass is 519 g/mol. The molecule has 1 atom stereocenters. The smallest absolute Gasteiger partial charge is 0.262 e. The van der Waals surface area contributed by atoms with E-state index < -0.39 is 6.04 Å². The van der Waals surface area contributed by atoms with Crippen molar-refractivity contribution in [2.45, 2.75) is 12.5 Å². The molecule has 8 nitrogen and oxygen atoms in total. The molecule has 2 amide bonds. The van der Waals surface area contributed by atoms with Crippen LogP contribution in [-0.4, -0.2) is 68.5 Å². The molecule has 0 aromatic heterocycles. The lowest BCUT2D eigenvalue weighted by atomic mass is 9.98. The van der Waals surface area contributed by atoms with E-state index >= 15 is 0 Å². The summed E-state index contributed by atoms with van der Waals surface area (Å²) in [5.41, 5.74) is 2.68. The van der Waals surface area contributed by atoms with Crippen LogP contribution in [0.3, 0.4) is 0 Å². The van der Waals surface area contributed by atoms with Crippen molar-refractivity contribution >= 4 is 17.5 Å². The first-order valence-electron chi connectivity index (χ1n) is 12.1. The SMILES string of the molecule is COCCN(CC(=O)N1N=C(c2ccc(F)cc2)CC1c1ccc(OC)cc1)C(=O)c1ccc(OC)cc1. The fraction of sp³-hybridized carbons (Fsp3) is 0.276. The number of methoxy groups -OCH3 is 3. The maximum atomic E-state index is 13.7. The molecule has 1 aliphatic heterocycles. The van der Waals surface area contributed by atoms with Gasteiger partial charge in [0.1, 0.15) is 23.9 Å². The van der Waals surface area contributed by atoms with Crippen LogP contribution < -0.4 is 9.47 Å². The van der Waals surface area contributed by atoms with Gasteiger partial charge in [-0.2, -0.15) is 5.10 Å². The van der Waals surface area contributed by atoms with Gasteiger partial charge < -0.3 is 19.1 Å². The third kappa shape index (κ3) is 6.18. The number of hydrazone groups is 1. The van der Waals surface area contributed by atoms with Gasteiger partial charge in [0.25, 0.3) is 11.8 Å². The molecule has 0 N–H and O–H groups in total. The van der Waals surface area contributed by atoms with Gasteiger partial charge in [0.15, 0.2) is 0 Å². The molecule has 3 aromatic rings. The minimum atomic E-state index is -0.395. The van der Waals surface area contributed by atoms with Gasteiger partial charge in [0.2, 0.25) is 0 Å². The van der Waals surface area contributed by atoms with E-state index in [2.05, 4.69) is 5.10 Å². The van der Waals surface area contributed by atoms with Gasteiger partial charge in [-0.05, 0) is 59.7 Å². The zero-order valence-electron chi connectivity index (χ0n) is 21.6. The van der Waals surface area contributed by atoms with Gasteiger partial charge >= 0.3 is 0 Å². The maximum Gasteiger partial charge on any atom is 0.262 e. The Morgan fingerprint density at radius 2 is 1.53 bits per heavy atom. The quantitative estimate of drug-likeness (QED) is 0.399. The normalized spacial score (nSPS) is 14.7. The number of amides is 2. The number of nitrogens with zero attached hydrogens (tertiary/aromatic N) is 3. The second-order valence-corrected chi connectivity index (χ2v) is 8.73. The Bertz CT molecular complexity index is 1280. The van der Waals surface area contributed by atoms with E-state index in [-0.39, 0.29) is 37.3 Å². The van der Waals surface area contributed by atoms with Crippen LogP contribution in [-0.2, 0) is 9.53 Å². The van der Waals surface area contributed by atoms with Crippen molar-refractivity contribution in [2.24, 2.45) is 5.10 Å². The molecule has 4 rings (SSSR count). The summed E-state index contributed by atoms with van der Waals surface area (Å²) in [6, 6.07) is 19.8. The van der Waals surface area contributed by atoms with Crippen molar-refractivity contribution in [2.75, 3.05) is 41.0 Å². The minimum absolute atomic E-state index is 0.193. The average Bonchev–Trinajstić information content (AvgIpc) is 3.41. The second kappa shape index (κ2) is 12.3. The topological polar surface area (TPSA) is 80.7 Å². The Hall–Kier alpha value is -4.24. The standard InChI is InChI=1S/C29H30FN3O5/c1-36-17-16-32(29(35)22-8-14-25(38-3)15-9-22)19-28(34)33-27(21-6-12-24(37-2)13-7-21)18-26(31-33)20-4-10-23(30)11-5-20/h4-15,27H,16-19H2,1-3H3. The van der Waals surface area contributed by atoms with E-state index in [9.17, 15) is 14.0 Å². The molecular weight excluding hydrogens is 489 g/mol. The van der Waals surface area contributed by atoms with Gasteiger partial charge in [-0.15, -0.1) is 0 Å². The van der Waals surface area contributed by atoms with Crippen LogP contribution in [0.5, 0.6) is 11.5 Å². The predicted molar refractivity (Wildman–Crippen MR) is 141 cm³/mol. The van der Waals surface area contributed by atoms with Crippen LogP contribution in [0.4, 0.5) is 4.39 Å². The Balaban J connectivity index is 1.61. The molecule has 0 spiro atoms. The first kappa shape index (κ1) is 26.8. The molecule has 38 heavy (non-hydrogen) atoms. The molecule has 0 aliphatic carbocycles. The van der Waals surface area contributed by atoms with E-state index in [0.717, 1.165) is 11.1 Å². The zero-order chi connectivity index (χ0) is 27.1. The molecule has 0 bridgehead atoms. The van der Waals surface area contributed by atoms with Crippen molar-refractivity contribution in [3.8, 4) is 11.5 Å². The Morgan fingerprint density at radius 3 is 2.11 bits per heavy atom. The molecule has 3 aromatic carbocycles. The highest BCUT2D eigenvalue weighted by atomic mass is 19.1. The predicted octanol–water partition coefficient (Wildman–Crippen LogP) is 4.31. The Morgan fingerprint density at radius 1 is 0.921 bits per heavy atom. The van der Waals surface area contributed by atoms with Gasteiger partial charge in [0.05, 0.1) is 32.6 Å². The number of carbonyl (C=O) groups is 2. The molecule has 0 saturated heterocycles. The van der Waals surface area contributed by atoms with Crippen molar-refractivity contribution in [3.05, 3.63) is 95.3 Å². The molecule has 1 unspecified atom stereocenters. The van der Waals surface area contributed by atoms with Crippen LogP contribution >= 0.6 is 0 Å². The number of hydrogen-bond acceptors (Lipinski definition) is 6. The number of carbonyl (C=O) groups excluding carboxylic acids is 2. The summed E-state index contributed by atoms with van der Waals surface area (Å²) in [6.07, 6.45) is 0.439. The number of rotatable bonds is 10. The minimum Gasteiger partial charge on any atom is -0.497 e. The summed E-state index contributed by atoms with van der Waals surface area (Å²) < 4.78 is 29.2. The lowest BCUT2D eigenvalue weighted by Crippen LogP contribution is -2.42. The molecular formula is C29H30FN3O5. The van der Waals surface area contributed by atoms with Gasteiger partial charge in [-0.1, -0.05) is 24.3 Å². The van der Waals surface area contributed by atoms with Crippen LogP contribution in [0.25, 0.3) is 0 Å². The highest BCUT2D eigenvalue weighted by Gasteiger charge is 2.34. The van der Waals surface area contributed by atoms with Crippen LogP contribution in [0.2, 0.25) is 0 Å². The van der Waals surface area contributed by atoms with E-state index in [0.29, 0.717) is 29.2 Å². The number of hydrogen-bond donors (Lipinski definition) is 0. The summed E-state index contributed by atoms with van der Waals surface area (Å²) in [5.74, 6) is 0.322. The van der Waals surface area contributed by atoms with E-state index in [1.807, 2.05) is 24.3 Å². The summed E-state index contributed by atoms with van der Waals surface area (Å²) >= 11 is 0. The molecule has 0 radical (unpaired) electrons. The highest BCUT2D eigenvalue weighted by molar-refractivity contribution is 6.03. The Kier molecular flexibility index (Phi) is 8.70. The summed E-state index contributed by atoms with van der Waals surface area (Å²) in [4.78, 5) is 28.4. The number of ether oxygens (including phenoxy) is 3. The fourth-order valence-electron chi connectivity index (χ4n) is 4.25. The summed E-state index contributed by atoms with van der Waals surface area (Å²) in [7, 11) is 4.68. The van der Waals surface area contributed by atoms with E-state index in [1.165, 1.54) is 29.2 Å². The van der Waals surface area contributed by atoms with Crippen molar-refractivity contribution in [3.63, 3.8) is 0 Å². The van der Waals surface area contributed by atoms with Gasteiger partial charge in [0, 0.05) is 25.6 Å². The largest absolute Gasteiger partial charge is 0.497 e. The van der Waals surface area contributed by atoms with Crippen molar-refractivity contribution in [1.29, 1.82) is 0 Å². The first-order chi connectivity index (χ1) is 18.4. The van der Waals surface area contributed by atoms with E-state index in [1.54, 1.807) is 50.6 Å². The van der Waals surface area contributed by atoms with Crippen LogP contribution in [0.1, 0.15) is 33.9 Å². The number of halogens is 1. The molecule has 9 heteroatoms. The van der Waals surface area contributed by atoms with E-state index in [4.69, 9.17) is 14.2 Å². The fourth-order valence-corrected chi connectivity index (χ4v) is 4.25. The van der Waals surface area contributed by atoms with Crippen molar-refractivity contribution in [1.82, 2.24) is 9.91 Å². The summed E-state index contributed by atoms with van der Waals surface area (Å²) in [6.45, 7) is 0.297. The molecule has 1 aliphatic rings. The highest BCUT2D eigenvalue weighted by Crippen LogP contribution is 2.34. The Labute approximate surface area is 221 Å². The lowest BCUT2D eigenvalue weighted by molar-refractivity contribution is -0.133. The van der Waals surface area contributed by atoms with Crippen molar-refractivity contribution < 1.29 is 28.2 Å². The second-order valence-electron chi connectivity index (χ2n) is 8.73. The zero-order valence-corrected chi connectivity index (χ0v) is 21.6. The first-order valence-corrected chi connectivity index (χ1v) is 12.1. The van der Waals surface area contributed by atoms with Gasteiger partial charge in [-0.25, -0.2) is 9.40 Å². The molecule has 0 saturated carbocycles. The molecule has 1 heterocycles. The van der Waals surface area contributed by atoms with Crippen LogP contribution in [0.15, 0.2) is 77.9 Å². The summed E-state index contributed by atoms with van der Waals surface area (Å²) in [5, 5.41) is 6.06. The third-order valence-corrected chi connectivity index (χ3v) is 6.36. The van der Waals surface area contributed by atoms with Crippen LogP contribution in [0, 0.1) is 5.82 Å². The molecule has 0 fully saturated rings. The maximum absolute atomic E-state index is 13.7. The lowest BCUT2D eigenvalue weighted by Gasteiger charge is -2.27. The number of benzene rings is 3. The average molecular weight is 520 g/mol. The van der Waals surface area contributed by atoms with Gasteiger partial charge in [-0.3, -0.25) is 9.59 Å².